The molecule has 9 rings (SSSR count). The highest BCUT2D eigenvalue weighted by Gasteiger charge is 2.45. The van der Waals surface area contributed by atoms with Crippen molar-refractivity contribution in [3.63, 3.8) is 0 Å². The summed E-state index contributed by atoms with van der Waals surface area (Å²) in [6.07, 6.45) is 4.58. The summed E-state index contributed by atoms with van der Waals surface area (Å²) in [5.74, 6) is -3.43. The minimum absolute atomic E-state index is 0.0494. The van der Waals surface area contributed by atoms with Crippen molar-refractivity contribution in [3.8, 4) is 0 Å². The van der Waals surface area contributed by atoms with Gasteiger partial charge < -0.3 is 30.5 Å². The predicted octanol–water partition coefficient (Wildman–Crippen LogP) is 6.00. The highest BCUT2D eigenvalue weighted by atomic mass is 19.1. The van der Waals surface area contributed by atoms with Gasteiger partial charge in [0.2, 0.25) is 17.7 Å². The van der Waals surface area contributed by atoms with Crippen LogP contribution in [0.1, 0.15) is 93.6 Å². The molecule has 0 radical (unpaired) electrons. The molecule has 348 valence electrons. The van der Waals surface area contributed by atoms with Crippen molar-refractivity contribution in [1.29, 1.82) is 0 Å². The molecular weight excluding hydrogens is 865 g/mol. The summed E-state index contributed by atoms with van der Waals surface area (Å²) in [7, 11) is 0. The zero-order chi connectivity index (χ0) is 46.6. The lowest BCUT2D eigenvalue weighted by molar-refractivity contribution is -0.136. The Bertz CT molecular complexity index is 2730. The molecule has 0 aliphatic carbocycles. The first kappa shape index (κ1) is 45.0. The molecule has 3 fully saturated rings. The largest absolute Gasteiger partial charge is 0.384 e. The second-order valence-electron chi connectivity index (χ2n) is 17.4. The van der Waals surface area contributed by atoms with Crippen molar-refractivity contribution in [2.45, 2.75) is 69.9 Å². The maximum Gasteiger partial charge on any atom is 0.264 e. The van der Waals surface area contributed by atoms with Crippen LogP contribution in [0.4, 0.5) is 31.7 Å². The third-order valence-corrected chi connectivity index (χ3v) is 12.9. The average Bonchev–Trinajstić information content (AvgIpc) is 3.83. The number of anilines is 4. The molecule has 1 atom stereocenters. The van der Waals surface area contributed by atoms with E-state index in [4.69, 9.17) is 4.74 Å². The van der Waals surface area contributed by atoms with Crippen LogP contribution in [0, 0.1) is 11.6 Å². The van der Waals surface area contributed by atoms with Crippen LogP contribution in [-0.4, -0.2) is 113 Å². The molecule has 0 bridgehead atoms. The molecule has 5 heterocycles. The van der Waals surface area contributed by atoms with E-state index >= 15 is 0 Å². The molecule has 6 amide bonds. The lowest BCUT2D eigenvalue weighted by Gasteiger charge is -2.36. The summed E-state index contributed by atoms with van der Waals surface area (Å²) in [6, 6.07) is 18.7. The van der Waals surface area contributed by atoms with Crippen LogP contribution in [0.15, 0.2) is 72.8 Å². The van der Waals surface area contributed by atoms with E-state index in [1.807, 2.05) is 35.2 Å². The van der Waals surface area contributed by atoms with Crippen LogP contribution in [0.5, 0.6) is 0 Å². The van der Waals surface area contributed by atoms with Crippen molar-refractivity contribution in [2.75, 3.05) is 66.8 Å². The number of H-pyrrole nitrogens is 1. The number of ether oxygens (including phenoxy) is 1. The number of hydrogen-bond acceptors (Lipinski definition) is 11. The molecule has 5 N–H and O–H groups in total. The fourth-order valence-corrected chi connectivity index (χ4v) is 9.33. The van der Waals surface area contributed by atoms with E-state index in [2.05, 4.69) is 36.4 Å². The van der Waals surface area contributed by atoms with Crippen LogP contribution < -0.4 is 26.2 Å². The summed E-state index contributed by atoms with van der Waals surface area (Å²) in [5, 5.41) is 20.0. The second-order valence-corrected chi connectivity index (χ2v) is 17.4. The molecule has 1 unspecified atom stereocenters. The number of unbranched alkanes of at least 4 members (excludes halogenated alkanes) is 2. The van der Waals surface area contributed by atoms with Gasteiger partial charge in [-0.05, 0) is 104 Å². The summed E-state index contributed by atoms with van der Waals surface area (Å²) >= 11 is 0. The van der Waals surface area contributed by atoms with Crippen LogP contribution in [0.3, 0.4) is 0 Å². The molecule has 1 aromatic heterocycles. The molecule has 67 heavy (non-hydrogen) atoms. The third-order valence-electron chi connectivity index (χ3n) is 12.9. The van der Waals surface area contributed by atoms with Gasteiger partial charge >= 0.3 is 0 Å². The van der Waals surface area contributed by atoms with Crippen LogP contribution in [-0.2, 0) is 25.5 Å². The van der Waals surface area contributed by atoms with Gasteiger partial charge in [-0.2, -0.15) is 5.10 Å². The van der Waals surface area contributed by atoms with Gasteiger partial charge in [-0.25, -0.2) is 8.78 Å². The van der Waals surface area contributed by atoms with E-state index in [9.17, 15) is 37.5 Å². The highest BCUT2D eigenvalue weighted by molar-refractivity contribution is 6.25. The Labute approximate surface area is 384 Å². The lowest BCUT2D eigenvalue weighted by atomic mass is 10.0. The Hall–Kier alpha value is -7.21. The predicted molar refractivity (Wildman–Crippen MR) is 246 cm³/mol. The Morgan fingerprint density at radius 1 is 0.806 bits per heavy atom. The minimum Gasteiger partial charge on any atom is -0.384 e. The molecule has 4 aromatic carbocycles. The Balaban J connectivity index is 0.771. The number of aromatic amines is 1. The monoisotopic (exact) mass is 915 g/mol. The molecule has 3 saturated heterocycles. The van der Waals surface area contributed by atoms with E-state index < -0.39 is 41.3 Å². The number of carbonyl (C=O) groups is 6. The number of fused-ring (bicyclic) bond motifs is 2. The van der Waals surface area contributed by atoms with E-state index in [0.29, 0.717) is 98.0 Å². The smallest absolute Gasteiger partial charge is 0.264 e. The first-order valence-corrected chi connectivity index (χ1v) is 22.8. The molecule has 4 aliphatic heterocycles. The standard InChI is InChI=1S/C49H51F2N9O7/c50-31-24-30(25-32(51)27-31)23-29-8-11-38-37(26-29)45(57-56-38)55-46(63)35-10-9-34(28-40(35)53-33-14-21-67-22-15-33)58-17-19-59(20-18-58)43(62)7-2-1-3-16-52-39-6-4-5-36-44(39)49(66)60(48(36)65)41-12-13-42(61)54-47(41)64/h4-6,8-11,24-28,33,41,52-53H,1-3,7,12-23H2,(H,54,61,64)(H2,55,56,57,63). The van der Waals surface area contributed by atoms with Crippen molar-refractivity contribution in [3.05, 3.63) is 112 Å². The summed E-state index contributed by atoms with van der Waals surface area (Å²) in [5.41, 5.74) is 4.95. The van der Waals surface area contributed by atoms with Gasteiger partial charge in [0.25, 0.3) is 17.7 Å². The lowest BCUT2D eigenvalue weighted by Crippen LogP contribution is -2.54. The minimum atomic E-state index is -1.03. The first-order chi connectivity index (χ1) is 32.5. The quantitative estimate of drug-likeness (QED) is 0.0611. The van der Waals surface area contributed by atoms with Gasteiger partial charge in [0.15, 0.2) is 5.82 Å². The van der Waals surface area contributed by atoms with E-state index in [1.165, 1.54) is 12.1 Å². The summed E-state index contributed by atoms with van der Waals surface area (Å²) in [6.45, 7) is 4.08. The number of piperidine rings is 1. The molecule has 4 aliphatic rings. The van der Waals surface area contributed by atoms with E-state index in [1.54, 1.807) is 24.3 Å². The normalized spacial score (nSPS) is 17.8. The molecule has 0 saturated carbocycles. The topological polar surface area (TPSA) is 198 Å². The van der Waals surface area contributed by atoms with Gasteiger partial charge in [0, 0.05) is 93.3 Å². The van der Waals surface area contributed by atoms with Crippen LogP contribution in [0.2, 0.25) is 0 Å². The van der Waals surface area contributed by atoms with Gasteiger partial charge in [0.1, 0.15) is 17.7 Å². The highest BCUT2D eigenvalue weighted by Crippen LogP contribution is 2.33. The van der Waals surface area contributed by atoms with Gasteiger partial charge in [-0.3, -0.25) is 44.1 Å². The van der Waals surface area contributed by atoms with E-state index in [0.717, 1.165) is 47.9 Å². The fourth-order valence-electron chi connectivity index (χ4n) is 9.33. The number of rotatable bonds is 15. The molecule has 16 nitrogen and oxygen atoms in total. The number of benzene rings is 4. The molecule has 5 aromatic rings. The van der Waals surface area contributed by atoms with Crippen LogP contribution in [0.25, 0.3) is 10.9 Å². The van der Waals surface area contributed by atoms with Crippen molar-refractivity contribution in [2.24, 2.45) is 0 Å². The average molecular weight is 916 g/mol. The number of halogens is 2. The number of nitrogens with one attached hydrogen (secondary N) is 5. The maximum atomic E-state index is 14.0. The zero-order valence-electron chi connectivity index (χ0n) is 36.8. The number of carbonyl (C=O) groups excluding carboxylic acids is 6. The number of piperazine rings is 1. The van der Waals surface area contributed by atoms with Crippen molar-refractivity contribution in [1.82, 2.24) is 25.3 Å². The van der Waals surface area contributed by atoms with Gasteiger partial charge in [-0.15, -0.1) is 0 Å². The number of aromatic nitrogens is 2. The van der Waals surface area contributed by atoms with Gasteiger partial charge in [0.05, 0.1) is 22.2 Å². The number of imide groups is 2. The Kier molecular flexibility index (Phi) is 13.2. The SMILES string of the molecule is O=C1CCC(N2C(=O)c3cccc(NCCCCCC(=O)N4CCN(c5ccc(C(=O)Nc6n[nH]c7ccc(Cc8cc(F)cc(F)c8)cc67)c(NC6CCOCC6)c5)CC4)c3C2=O)C(=O)N1. The van der Waals surface area contributed by atoms with E-state index in [-0.39, 0.29) is 48.2 Å². The molecule has 18 heteroatoms. The number of amides is 6. The fraction of sp³-hybridized carbons (Fsp3) is 0.367. The van der Waals surface area contributed by atoms with Gasteiger partial charge in [-0.1, -0.05) is 18.6 Å². The zero-order valence-corrected chi connectivity index (χ0v) is 36.8. The van der Waals surface area contributed by atoms with Crippen molar-refractivity contribution < 1.29 is 42.3 Å². The number of hydrogen-bond donors (Lipinski definition) is 5. The second kappa shape index (κ2) is 19.7. The van der Waals surface area contributed by atoms with Crippen molar-refractivity contribution >= 4 is 69.2 Å². The molecular formula is C49H51F2N9O7. The Morgan fingerprint density at radius 3 is 2.37 bits per heavy atom. The third kappa shape index (κ3) is 9.99. The Morgan fingerprint density at radius 2 is 1.60 bits per heavy atom. The summed E-state index contributed by atoms with van der Waals surface area (Å²) in [4.78, 5) is 83.0. The molecule has 0 spiro atoms. The van der Waals surface area contributed by atoms with Crippen LogP contribution >= 0.6 is 0 Å². The maximum absolute atomic E-state index is 14.0. The summed E-state index contributed by atoms with van der Waals surface area (Å²) < 4.78 is 33.4. The first-order valence-electron chi connectivity index (χ1n) is 22.8. The number of nitrogens with zero attached hydrogens (tertiary/aromatic N) is 4.